The molecule has 2 heterocycles. The van der Waals surface area contributed by atoms with E-state index in [1.807, 2.05) is 42.5 Å². The Hall–Kier alpha value is -2.00. The molecule has 8 heteroatoms. The Morgan fingerprint density at radius 2 is 2.07 bits per heavy atom. The zero-order valence-electron chi connectivity index (χ0n) is 16.8. The Labute approximate surface area is 188 Å². The molecule has 158 valence electrons. The van der Waals surface area contributed by atoms with E-state index in [0.717, 1.165) is 59.7 Å². The molecule has 1 aromatic heterocycles. The number of methoxy groups -OCH3 is 1. The third-order valence-corrected chi connectivity index (χ3v) is 6.86. The van der Waals surface area contributed by atoms with Gasteiger partial charge in [0.1, 0.15) is 5.75 Å². The first-order valence-corrected chi connectivity index (χ1v) is 11.6. The Bertz CT molecular complexity index is 1020. The van der Waals surface area contributed by atoms with Gasteiger partial charge < -0.3 is 9.47 Å². The van der Waals surface area contributed by atoms with Crippen LogP contribution in [0.2, 0.25) is 0 Å². The van der Waals surface area contributed by atoms with Gasteiger partial charge in [-0.3, -0.25) is 14.6 Å². The van der Waals surface area contributed by atoms with Gasteiger partial charge in [0.05, 0.1) is 36.1 Å². The highest BCUT2D eigenvalue weighted by Crippen LogP contribution is 2.33. The van der Waals surface area contributed by atoms with Gasteiger partial charge in [0.2, 0.25) is 0 Å². The molecule has 1 saturated heterocycles. The SMILES string of the molecule is COc1ccc2nc(N(CCCN3CCOCC3)C(=O)c3ccccc3Br)sc2c1. The van der Waals surface area contributed by atoms with Crippen molar-refractivity contribution in [2.24, 2.45) is 0 Å². The monoisotopic (exact) mass is 489 g/mol. The van der Waals surface area contributed by atoms with E-state index >= 15 is 0 Å². The summed E-state index contributed by atoms with van der Waals surface area (Å²) in [7, 11) is 1.65. The minimum Gasteiger partial charge on any atom is -0.497 e. The second kappa shape index (κ2) is 9.87. The highest BCUT2D eigenvalue weighted by Gasteiger charge is 2.23. The van der Waals surface area contributed by atoms with Gasteiger partial charge in [-0.2, -0.15) is 0 Å². The van der Waals surface area contributed by atoms with Crippen LogP contribution < -0.4 is 9.64 Å². The minimum absolute atomic E-state index is 0.0459. The third-order valence-electron chi connectivity index (χ3n) is 5.12. The normalized spacial score (nSPS) is 14.7. The predicted molar refractivity (Wildman–Crippen MR) is 124 cm³/mol. The second-order valence-corrected chi connectivity index (χ2v) is 8.94. The van der Waals surface area contributed by atoms with E-state index in [9.17, 15) is 4.79 Å². The third kappa shape index (κ3) is 4.83. The summed E-state index contributed by atoms with van der Waals surface area (Å²) in [6, 6.07) is 13.3. The smallest absolute Gasteiger partial charge is 0.261 e. The fourth-order valence-electron chi connectivity index (χ4n) is 3.48. The van der Waals surface area contributed by atoms with Crippen molar-refractivity contribution < 1.29 is 14.3 Å². The van der Waals surface area contributed by atoms with E-state index in [1.165, 1.54) is 11.3 Å². The number of rotatable bonds is 7. The molecule has 0 radical (unpaired) electrons. The summed E-state index contributed by atoms with van der Waals surface area (Å²) >= 11 is 5.03. The molecule has 0 N–H and O–H groups in total. The maximum atomic E-state index is 13.5. The molecule has 1 aliphatic rings. The topological polar surface area (TPSA) is 54.9 Å². The zero-order chi connectivity index (χ0) is 20.9. The lowest BCUT2D eigenvalue weighted by Gasteiger charge is -2.27. The molecule has 3 aromatic rings. The summed E-state index contributed by atoms with van der Waals surface area (Å²) in [6.07, 6.45) is 0.870. The number of aromatic nitrogens is 1. The Morgan fingerprint density at radius 3 is 2.83 bits per heavy atom. The maximum Gasteiger partial charge on any atom is 0.261 e. The van der Waals surface area contributed by atoms with Crippen LogP contribution in [0.4, 0.5) is 5.13 Å². The number of hydrogen-bond donors (Lipinski definition) is 0. The molecule has 6 nitrogen and oxygen atoms in total. The molecule has 4 rings (SSSR count). The lowest BCUT2D eigenvalue weighted by Crippen LogP contribution is -2.39. The number of hydrogen-bond acceptors (Lipinski definition) is 6. The molecule has 1 amide bonds. The summed E-state index contributed by atoms with van der Waals surface area (Å²) in [5.41, 5.74) is 1.51. The van der Waals surface area contributed by atoms with E-state index in [4.69, 9.17) is 14.5 Å². The summed E-state index contributed by atoms with van der Waals surface area (Å²) < 4.78 is 12.6. The van der Waals surface area contributed by atoms with Crippen molar-refractivity contribution in [1.29, 1.82) is 0 Å². The van der Waals surface area contributed by atoms with Crippen LogP contribution in [0.5, 0.6) is 5.75 Å². The van der Waals surface area contributed by atoms with Crippen molar-refractivity contribution in [2.45, 2.75) is 6.42 Å². The van der Waals surface area contributed by atoms with E-state index in [0.29, 0.717) is 17.2 Å². The predicted octanol–water partition coefficient (Wildman–Crippen LogP) is 4.44. The first-order valence-electron chi connectivity index (χ1n) is 9.97. The maximum absolute atomic E-state index is 13.5. The van der Waals surface area contributed by atoms with E-state index in [1.54, 1.807) is 12.0 Å². The largest absolute Gasteiger partial charge is 0.497 e. The molecule has 2 aromatic carbocycles. The van der Waals surface area contributed by atoms with Crippen LogP contribution >= 0.6 is 27.3 Å². The molecule has 0 atom stereocenters. The average Bonchev–Trinajstić information content (AvgIpc) is 3.20. The summed E-state index contributed by atoms with van der Waals surface area (Å²) in [4.78, 5) is 22.4. The molecule has 0 spiro atoms. The first-order chi connectivity index (χ1) is 14.7. The van der Waals surface area contributed by atoms with Gasteiger partial charge in [-0.05, 0) is 52.7 Å². The number of amides is 1. The Morgan fingerprint density at radius 1 is 1.27 bits per heavy atom. The summed E-state index contributed by atoms with van der Waals surface area (Å²) in [5.74, 6) is 0.740. The minimum atomic E-state index is -0.0459. The van der Waals surface area contributed by atoms with Crippen LogP contribution in [0, 0.1) is 0 Å². The van der Waals surface area contributed by atoms with Crippen LogP contribution in [-0.4, -0.2) is 62.3 Å². The van der Waals surface area contributed by atoms with Crippen LogP contribution in [-0.2, 0) is 4.74 Å². The molecule has 0 unspecified atom stereocenters. The molecular weight excluding hydrogens is 466 g/mol. The number of fused-ring (bicyclic) bond motifs is 1. The van der Waals surface area contributed by atoms with E-state index in [-0.39, 0.29) is 5.91 Å². The number of nitrogens with zero attached hydrogens (tertiary/aromatic N) is 3. The lowest BCUT2D eigenvalue weighted by atomic mass is 10.2. The first kappa shape index (κ1) is 21.2. The zero-order valence-corrected chi connectivity index (χ0v) is 19.2. The molecular formula is C22H24BrN3O3S. The summed E-state index contributed by atoms with van der Waals surface area (Å²) in [5, 5.41) is 0.709. The van der Waals surface area contributed by atoms with E-state index < -0.39 is 0 Å². The van der Waals surface area contributed by atoms with Crippen molar-refractivity contribution in [3.05, 3.63) is 52.5 Å². The van der Waals surface area contributed by atoms with Crippen molar-refractivity contribution in [2.75, 3.05) is 51.4 Å². The number of thiazole rings is 1. The van der Waals surface area contributed by atoms with Crippen LogP contribution in [0.15, 0.2) is 46.9 Å². The molecule has 0 saturated carbocycles. The fraction of sp³-hybridized carbons (Fsp3) is 0.364. The lowest BCUT2D eigenvalue weighted by molar-refractivity contribution is 0.0376. The standard InChI is InChI=1S/C22H24BrN3O3S/c1-28-16-7-8-19-20(15-16)30-22(24-19)26(10-4-9-25-11-13-29-14-12-25)21(27)17-5-2-3-6-18(17)23/h2-3,5-8,15H,4,9-14H2,1H3. The summed E-state index contributed by atoms with van der Waals surface area (Å²) in [6.45, 7) is 4.98. The van der Waals surface area contributed by atoms with Crippen molar-refractivity contribution in [3.63, 3.8) is 0 Å². The Kier molecular flexibility index (Phi) is 6.99. The number of ether oxygens (including phenoxy) is 2. The van der Waals surface area contributed by atoms with Crippen LogP contribution in [0.25, 0.3) is 10.2 Å². The van der Waals surface area contributed by atoms with Gasteiger partial charge in [0.15, 0.2) is 5.13 Å². The fourth-order valence-corrected chi connectivity index (χ4v) is 4.95. The highest BCUT2D eigenvalue weighted by molar-refractivity contribution is 9.10. The van der Waals surface area contributed by atoms with Crippen LogP contribution in [0.1, 0.15) is 16.8 Å². The number of benzene rings is 2. The van der Waals surface area contributed by atoms with Gasteiger partial charge >= 0.3 is 0 Å². The van der Waals surface area contributed by atoms with Crippen molar-refractivity contribution in [1.82, 2.24) is 9.88 Å². The number of anilines is 1. The quantitative estimate of drug-likeness (QED) is 0.491. The average molecular weight is 490 g/mol. The van der Waals surface area contributed by atoms with E-state index in [2.05, 4.69) is 20.8 Å². The number of carbonyl (C=O) groups excluding carboxylic acids is 1. The molecule has 30 heavy (non-hydrogen) atoms. The van der Waals surface area contributed by atoms with Gasteiger partial charge in [-0.25, -0.2) is 4.98 Å². The molecule has 1 fully saturated rings. The Balaban J connectivity index is 1.59. The van der Waals surface area contributed by atoms with Gasteiger partial charge in [0, 0.05) is 30.7 Å². The number of morpholine rings is 1. The van der Waals surface area contributed by atoms with Crippen molar-refractivity contribution >= 4 is 48.5 Å². The highest BCUT2D eigenvalue weighted by atomic mass is 79.9. The molecule has 0 bridgehead atoms. The molecule has 0 aliphatic carbocycles. The van der Waals surface area contributed by atoms with Gasteiger partial charge in [0.25, 0.3) is 5.91 Å². The second-order valence-electron chi connectivity index (χ2n) is 7.07. The van der Waals surface area contributed by atoms with Gasteiger partial charge in [-0.1, -0.05) is 23.5 Å². The van der Waals surface area contributed by atoms with Gasteiger partial charge in [-0.15, -0.1) is 0 Å². The molecule has 1 aliphatic heterocycles. The van der Waals surface area contributed by atoms with Crippen LogP contribution in [0.3, 0.4) is 0 Å². The number of carbonyl (C=O) groups is 1. The number of halogens is 1. The van der Waals surface area contributed by atoms with Crippen molar-refractivity contribution in [3.8, 4) is 5.75 Å².